The van der Waals surface area contributed by atoms with Crippen molar-refractivity contribution in [2.45, 2.75) is 38.6 Å². The lowest BCUT2D eigenvalue weighted by molar-refractivity contribution is -0.133. The molecule has 1 aromatic carbocycles. The molecule has 1 N–H and O–H groups in total. The topological polar surface area (TPSA) is 75.4 Å². The Morgan fingerprint density at radius 3 is 2.84 bits per heavy atom. The lowest BCUT2D eigenvalue weighted by atomic mass is 10.00. The van der Waals surface area contributed by atoms with Crippen LogP contribution in [0.1, 0.15) is 43.1 Å². The summed E-state index contributed by atoms with van der Waals surface area (Å²) in [7, 11) is 0. The van der Waals surface area contributed by atoms with Crippen LogP contribution < -0.4 is 5.32 Å². The van der Waals surface area contributed by atoms with E-state index in [2.05, 4.69) is 17.4 Å². The van der Waals surface area contributed by atoms with E-state index >= 15 is 0 Å². The van der Waals surface area contributed by atoms with E-state index in [0.29, 0.717) is 5.76 Å². The van der Waals surface area contributed by atoms with Gasteiger partial charge in [0, 0.05) is 24.2 Å². The molecule has 0 aliphatic carbocycles. The van der Waals surface area contributed by atoms with Gasteiger partial charge >= 0.3 is 0 Å². The first-order valence-electron chi connectivity index (χ1n) is 8.79. The largest absolute Gasteiger partial charge is 0.355 e. The van der Waals surface area contributed by atoms with Gasteiger partial charge in [0.2, 0.25) is 5.91 Å². The number of benzene rings is 1. The molecular formula is C19H23N3O3. The minimum atomic E-state index is -0.399. The van der Waals surface area contributed by atoms with Gasteiger partial charge in [-0.3, -0.25) is 9.59 Å². The summed E-state index contributed by atoms with van der Waals surface area (Å²) in [6.45, 7) is 2.85. The molecule has 3 rings (SSSR count). The second kappa shape index (κ2) is 7.96. The van der Waals surface area contributed by atoms with Crippen molar-refractivity contribution in [1.82, 2.24) is 15.4 Å². The smallest absolute Gasteiger partial charge is 0.273 e. The second-order valence-corrected chi connectivity index (χ2v) is 6.27. The maximum atomic E-state index is 12.4. The van der Waals surface area contributed by atoms with E-state index in [9.17, 15) is 9.59 Å². The zero-order valence-corrected chi connectivity index (χ0v) is 14.4. The summed E-state index contributed by atoms with van der Waals surface area (Å²) in [5.74, 6) is 0.0928. The first-order chi connectivity index (χ1) is 12.2. The van der Waals surface area contributed by atoms with Crippen molar-refractivity contribution < 1.29 is 14.1 Å². The molecule has 1 unspecified atom stereocenters. The normalized spacial score (nSPS) is 17.3. The molecule has 1 saturated heterocycles. The minimum Gasteiger partial charge on any atom is -0.355 e. The van der Waals surface area contributed by atoms with Crippen LogP contribution in [0.4, 0.5) is 0 Å². The van der Waals surface area contributed by atoms with E-state index < -0.39 is 5.91 Å². The maximum Gasteiger partial charge on any atom is 0.273 e. The zero-order chi connectivity index (χ0) is 17.6. The highest BCUT2D eigenvalue weighted by atomic mass is 16.5. The van der Waals surface area contributed by atoms with E-state index in [4.69, 9.17) is 4.52 Å². The highest BCUT2D eigenvalue weighted by molar-refractivity contribution is 5.95. The molecular weight excluding hydrogens is 318 g/mol. The SMILES string of the molecule is CCC1CCCCN1C(=O)CNC(=O)c1cc(-c2ccccc2)on1. The van der Waals surface area contributed by atoms with Crippen LogP contribution in [-0.2, 0) is 4.79 Å². The first-order valence-corrected chi connectivity index (χ1v) is 8.79. The fourth-order valence-corrected chi connectivity index (χ4v) is 3.22. The van der Waals surface area contributed by atoms with E-state index in [1.54, 1.807) is 6.07 Å². The molecule has 1 aliphatic heterocycles. The van der Waals surface area contributed by atoms with Crippen molar-refractivity contribution >= 4 is 11.8 Å². The predicted molar refractivity (Wildman–Crippen MR) is 93.9 cm³/mol. The molecule has 25 heavy (non-hydrogen) atoms. The molecule has 0 saturated carbocycles. The first kappa shape index (κ1) is 17.2. The van der Waals surface area contributed by atoms with Crippen LogP contribution in [0.3, 0.4) is 0 Å². The lowest BCUT2D eigenvalue weighted by Crippen LogP contribution is -2.47. The number of hydrogen-bond acceptors (Lipinski definition) is 4. The van der Waals surface area contributed by atoms with Crippen molar-refractivity contribution in [2.24, 2.45) is 0 Å². The number of carbonyl (C=O) groups excluding carboxylic acids is 2. The molecule has 2 aromatic rings. The summed E-state index contributed by atoms with van der Waals surface area (Å²) in [5, 5.41) is 6.45. The van der Waals surface area contributed by atoms with Gasteiger partial charge in [-0.2, -0.15) is 0 Å². The number of hydrogen-bond donors (Lipinski definition) is 1. The Bertz CT molecular complexity index is 727. The van der Waals surface area contributed by atoms with Crippen LogP contribution in [0, 0.1) is 0 Å². The number of rotatable bonds is 5. The van der Waals surface area contributed by atoms with E-state index in [1.165, 1.54) is 0 Å². The van der Waals surface area contributed by atoms with Gasteiger partial charge in [-0.15, -0.1) is 0 Å². The number of nitrogens with zero attached hydrogens (tertiary/aromatic N) is 2. The molecule has 1 aliphatic rings. The average molecular weight is 341 g/mol. The Kier molecular flexibility index (Phi) is 5.48. The lowest BCUT2D eigenvalue weighted by Gasteiger charge is -2.35. The minimum absolute atomic E-state index is 0.0110. The van der Waals surface area contributed by atoms with Crippen molar-refractivity contribution in [3.8, 4) is 11.3 Å². The molecule has 132 valence electrons. The Hall–Kier alpha value is -2.63. The summed E-state index contributed by atoms with van der Waals surface area (Å²) >= 11 is 0. The molecule has 0 spiro atoms. The van der Waals surface area contributed by atoms with Gasteiger partial charge in [0.1, 0.15) is 0 Å². The molecule has 1 fully saturated rings. The Morgan fingerprint density at radius 2 is 2.08 bits per heavy atom. The number of carbonyl (C=O) groups is 2. The number of amides is 2. The van der Waals surface area contributed by atoms with Crippen LogP contribution in [0.2, 0.25) is 0 Å². The van der Waals surface area contributed by atoms with Crippen molar-refractivity contribution in [3.63, 3.8) is 0 Å². The molecule has 6 nitrogen and oxygen atoms in total. The van der Waals surface area contributed by atoms with Gasteiger partial charge in [0.25, 0.3) is 5.91 Å². The molecule has 2 heterocycles. The fourth-order valence-electron chi connectivity index (χ4n) is 3.22. The maximum absolute atomic E-state index is 12.4. The second-order valence-electron chi connectivity index (χ2n) is 6.27. The molecule has 1 atom stereocenters. The molecule has 2 amide bonds. The Balaban J connectivity index is 1.57. The van der Waals surface area contributed by atoms with Gasteiger partial charge in [0.05, 0.1) is 6.54 Å². The third-order valence-electron chi connectivity index (χ3n) is 4.62. The molecule has 6 heteroatoms. The monoisotopic (exact) mass is 341 g/mol. The third-order valence-corrected chi connectivity index (χ3v) is 4.62. The van der Waals surface area contributed by atoms with Gasteiger partial charge in [-0.1, -0.05) is 42.4 Å². The van der Waals surface area contributed by atoms with Crippen LogP contribution in [0.15, 0.2) is 40.9 Å². The summed E-state index contributed by atoms with van der Waals surface area (Å²) in [4.78, 5) is 26.5. The van der Waals surface area contributed by atoms with Gasteiger partial charge < -0.3 is 14.7 Å². The Morgan fingerprint density at radius 1 is 1.28 bits per heavy atom. The quantitative estimate of drug-likeness (QED) is 0.907. The molecule has 0 radical (unpaired) electrons. The van der Waals surface area contributed by atoms with Crippen molar-refractivity contribution in [1.29, 1.82) is 0 Å². The number of nitrogens with one attached hydrogen (secondary N) is 1. The number of aromatic nitrogens is 1. The van der Waals surface area contributed by atoms with E-state index in [1.807, 2.05) is 35.2 Å². The predicted octanol–water partition coefficient (Wildman–Crippen LogP) is 2.86. The highest BCUT2D eigenvalue weighted by Gasteiger charge is 2.25. The number of likely N-dealkylation sites (tertiary alicyclic amines) is 1. The van der Waals surface area contributed by atoms with E-state index in [0.717, 1.165) is 37.8 Å². The van der Waals surface area contributed by atoms with Gasteiger partial charge in [-0.25, -0.2) is 0 Å². The fraction of sp³-hybridized carbons (Fsp3) is 0.421. The van der Waals surface area contributed by atoms with Crippen LogP contribution >= 0.6 is 0 Å². The third kappa shape index (κ3) is 4.07. The molecule has 1 aromatic heterocycles. The van der Waals surface area contributed by atoms with Crippen LogP contribution in [0.5, 0.6) is 0 Å². The standard InChI is InChI=1S/C19H23N3O3/c1-2-15-10-6-7-11-22(15)18(23)13-20-19(24)16-12-17(25-21-16)14-8-4-3-5-9-14/h3-5,8-9,12,15H,2,6-7,10-11,13H2,1H3,(H,20,24). The van der Waals surface area contributed by atoms with Crippen LogP contribution in [-0.4, -0.2) is 41.0 Å². The van der Waals surface area contributed by atoms with Crippen molar-refractivity contribution in [2.75, 3.05) is 13.1 Å². The highest BCUT2D eigenvalue weighted by Crippen LogP contribution is 2.20. The summed E-state index contributed by atoms with van der Waals surface area (Å²) in [6, 6.07) is 11.3. The van der Waals surface area contributed by atoms with E-state index in [-0.39, 0.29) is 24.2 Å². The summed E-state index contributed by atoms with van der Waals surface area (Å²) in [5.41, 5.74) is 1.03. The van der Waals surface area contributed by atoms with Gasteiger partial charge in [0.15, 0.2) is 11.5 Å². The van der Waals surface area contributed by atoms with Crippen molar-refractivity contribution in [3.05, 3.63) is 42.1 Å². The van der Waals surface area contributed by atoms with Crippen LogP contribution in [0.25, 0.3) is 11.3 Å². The van der Waals surface area contributed by atoms with Gasteiger partial charge in [-0.05, 0) is 25.7 Å². The Labute approximate surface area is 147 Å². The summed E-state index contributed by atoms with van der Waals surface area (Å²) in [6.07, 6.45) is 4.18. The number of piperidine rings is 1. The average Bonchev–Trinajstić information content (AvgIpc) is 3.17. The summed E-state index contributed by atoms with van der Waals surface area (Å²) < 4.78 is 5.22. The zero-order valence-electron chi connectivity index (χ0n) is 14.4. The molecule has 0 bridgehead atoms.